The maximum Gasteiger partial charge on any atom is 0.121 e. The molecule has 1 aromatic carbocycles. The molecule has 0 amide bonds. The summed E-state index contributed by atoms with van der Waals surface area (Å²) in [5.74, 6) is 0.806. The summed E-state index contributed by atoms with van der Waals surface area (Å²) in [6.07, 6.45) is 0.884. The van der Waals surface area contributed by atoms with Crippen molar-refractivity contribution in [2.75, 3.05) is 0 Å². The molecule has 3 N–H and O–H groups in total. The summed E-state index contributed by atoms with van der Waals surface area (Å²) in [7, 11) is 0. The number of nitrogens with two attached hydrogens (primary N) is 1. The Morgan fingerprint density at radius 2 is 2.00 bits per heavy atom. The Kier molecular flexibility index (Phi) is 6.25. The molecule has 0 aliphatic rings. The smallest absolute Gasteiger partial charge is 0.121 e. The van der Waals surface area contributed by atoms with Crippen molar-refractivity contribution in [3.8, 4) is 5.75 Å². The minimum absolute atomic E-state index is 0. The quantitative estimate of drug-likeness (QED) is 0.894. The van der Waals surface area contributed by atoms with Gasteiger partial charge < -0.3 is 10.8 Å². The predicted octanol–water partition coefficient (Wildman–Crippen LogP) is 3.62. The van der Waals surface area contributed by atoms with Gasteiger partial charge >= 0.3 is 0 Å². The number of phenolic OH excluding ortho intramolecular Hbond substituents is 1. The van der Waals surface area contributed by atoms with E-state index in [0.29, 0.717) is 5.92 Å². The highest BCUT2D eigenvalue weighted by molar-refractivity contribution is 9.10. The Bertz CT molecular complexity index is 317. The van der Waals surface area contributed by atoms with Gasteiger partial charge in [0, 0.05) is 16.1 Å². The monoisotopic (exact) mass is 293 g/mol. The van der Waals surface area contributed by atoms with Gasteiger partial charge in [-0.25, -0.2) is 0 Å². The van der Waals surface area contributed by atoms with E-state index in [-0.39, 0.29) is 24.2 Å². The molecule has 0 aliphatic heterocycles. The standard InChI is InChI=1S/C11H16BrNO.ClH/c1-7(2)5-10(13)9-4-3-8(12)6-11(9)14;/h3-4,6-7,10,14H,5,13H2,1-2H3;1H/t10-;/m0./s1. The fraction of sp³-hybridized carbons (Fsp3) is 0.455. The van der Waals surface area contributed by atoms with Gasteiger partial charge in [-0.2, -0.15) is 0 Å². The first-order valence-corrected chi connectivity index (χ1v) is 5.54. The second-order valence-electron chi connectivity index (χ2n) is 3.94. The summed E-state index contributed by atoms with van der Waals surface area (Å²) in [4.78, 5) is 0. The molecule has 0 spiro atoms. The number of benzene rings is 1. The number of phenols is 1. The highest BCUT2D eigenvalue weighted by atomic mass is 79.9. The molecule has 0 saturated carbocycles. The number of hydrogen-bond acceptors (Lipinski definition) is 2. The Labute approximate surface area is 105 Å². The van der Waals surface area contributed by atoms with Gasteiger partial charge in [-0.1, -0.05) is 35.8 Å². The fourth-order valence-corrected chi connectivity index (χ4v) is 1.81. The number of rotatable bonds is 3. The van der Waals surface area contributed by atoms with E-state index in [1.165, 1.54) is 0 Å². The number of halogens is 2. The zero-order chi connectivity index (χ0) is 10.7. The van der Waals surface area contributed by atoms with E-state index in [9.17, 15) is 5.11 Å². The lowest BCUT2D eigenvalue weighted by Gasteiger charge is -2.15. The number of hydrogen-bond donors (Lipinski definition) is 2. The first kappa shape index (κ1) is 14.8. The molecule has 2 nitrogen and oxygen atoms in total. The molecule has 1 aromatic rings. The lowest BCUT2D eigenvalue weighted by Crippen LogP contribution is -2.12. The van der Waals surface area contributed by atoms with Crippen LogP contribution in [-0.2, 0) is 0 Å². The van der Waals surface area contributed by atoms with Crippen LogP contribution in [0, 0.1) is 5.92 Å². The first-order chi connectivity index (χ1) is 6.50. The Balaban J connectivity index is 0.00000196. The molecule has 0 saturated heterocycles. The molecule has 0 fully saturated rings. The van der Waals surface area contributed by atoms with Crippen LogP contribution in [0.4, 0.5) is 0 Å². The van der Waals surface area contributed by atoms with Gasteiger partial charge in [-0.05, 0) is 24.5 Å². The Morgan fingerprint density at radius 3 is 2.47 bits per heavy atom. The van der Waals surface area contributed by atoms with E-state index < -0.39 is 0 Å². The minimum atomic E-state index is -0.0805. The normalized spacial score (nSPS) is 12.3. The van der Waals surface area contributed by atoms with Gasteiger partial charge in [0.1, 0.15) is 5.75 Å². The molecular formula is C11H17BrClNO. The van der Waals surface area contributed by atoms with E-state index in [1.807, 2.05) is 12.1 Å². The van der Waals surface area contributed by atoms with E-state index in [0.717, 1.165) is 16.5 Å². The van der Waals surface area contributed by atoms with Gasteiger partial charge in [-0.3, -0.25) is 0 Å². The molecule has 0 aliphatic carbocycles. The maximum atomic E-state index is 9.66. The van der Waals surface area contributed by atoms with Crippen molar-refractivity contribution in [2.45, 2.75) is 26.3 Å². The number of aromatic hydroxyl groups is 1. The lowest BCUT2D eigenvalue weighted by molar-refractivity contribution is 0.445. The van der Waals surface area contributed by atoms with Gasteiger partial charge in [0.15, 0.2) is 0 Å². The largest absolute Gasteiger partial charge is 0.508 e. The van der Waals surface area contributed by atoms with Crippen molar-refractivity contribution in [1.82, 2.24) is 0 Å². The molecule has 0 heterocycles. The van der Waals surface area contributed by atoms with Crippen molar-refractivity contribution in [3.63, 3.8) is 0 Å². The lowest BCUT2D eigenvalue weighted by atomic mass is 9.97. The summed E-state index contributed by atoms with van der Waals surface area (Å²) in [6, 6.07) is 5.36. The van der Waals surface area contributed by atoms with Crippen LogP contribution in [0.2, 0.25) is 0 Å². The zero-order valence-electron chi connectivity index (χ0n) is 8.90. The third kappa shape index (κ3) is 4.41. The molecule has 0 bridgehead atoms. The molecule has 0 unspecified atom stereocenters. The van der Waals surface area contributed by atoms with Crippen LogP contribution in [0.1, 0.15) is 31.9 Å². The summed E-state index contributed by atoms with van der Waals surface area (Å²) in [6.45, 7) is 4.24. The van der Waals surface area contributed by atoms with Gasteiger partial charge in [0.25, 0.3) is 0 Å². The molecule has 0 aromatic heterocycles. The molecule has 1 atom stereocenters. The molecule has 4 heteroatoms. The van der Waals surface area contributed by atoms with Crippen molar-refractivity contribution >= 4 is 28.3 Å². The molecule has 1 rings (SSSR count). The van der Waals surface area contributed by atoms with E-state index in [1.54, 1.807) is 6.07 Å². The second kappa shape index (κ2) is 6.36. The van der Waals surface area contributed by atoms with Crippen LogP contribution < -0.4 is 5.73 Å². The average molecular weight is 295 g/mol. The highest BCUT2D eigenvalue weighted by Crippen LogP contribution is 2.29. The Morgan fingerprint density at radius 1 is 1.40 bits per heavy atom. The summed E-state index contributed by atoms with van der Waals surface area (Å²) in [5, 5.41) is 9.66. The van der Waals surface area contributed by atoms with Crippen LogP contribution in [0.25, 0.3) is 0 Å². The average Bonchev–Trinajstić information content (AvgIpc) is 2.01. The van der Waals surface area contributed by atoms with Crippen LogP contribution in [-0.4, -0.2) is 5.11 Å². The molecule has 86 valence electrons. The summed E-state index contributed by atoms with van der Waals surface area (Å²) in [5.41, 5.74) is 6.79. The van der Waals surface area contributed by atoms with Crippen molar-refractivity contribution in [2.24, 2.45) is 11.7 Å². The van der Waals surface area contributed by atoms with Crippen LogP contribution in [0.5, 0.6) is 5.75 Å². The third-order valence-electron chi connectivity index (χ3n) is 2.12. The minimum Gasteiger partial charge on any atom is -0.508 e. The van der Waals surface area contributed by atoms with E-state index >= 15 is 0 Å². The van der Waals surface area contributed by atoms with Crippen LogP contribution in [0.15, 0.2) is 22.7 Å². The van der Waals surface area contributed by atoms with E-state index in [4.69, 9.17) is 5.73 Å². The van der Waals surface area contributed by atoms with Crippen molar-refractivity contribution in [3.05, 3.63) is 28.2 Å². The van der Waals surface area contributed by atoms with Crippen LogP contribution in [0.3, 0.4) is 0 Å². The SMILES string of the molecule is CC(C)C[C@H](N)c1ccc(Br)cc1O.Cl. The topological polar surface area (TPSA) is 46.2 Å². The molecule has 15 heavy (non-hydrogen) atoms. The van der Waals surface area contributed by atoms with Crippen molar-refractivity contribution < 1.29 is 5.11 Å². The second-order valence-corrected chi connectivity index (χ2v) is 4.85. The van der Waals surface area contributed by atoms with Crippen LogP contribution >= 0.6 is 28.3 Å². The first-order valence-electron chi connectivity index (χ1n) is 4.74. The van der Waals surface area contributed by atoms with Crippen molar-refractivity contribution in [1.29, 1.82) is 0 Å². The van der Waals surface area contributed by atoms with E-state index in [2.05, 4.69) is 29.8 Å². The summed E-state index contributed by atoms with van der Waals surface area (Å²) >= 11 is 3.30. The van der Waals surface area contributed by atoms with Gasteiger partial charge in [0.05, 0.1) is 0 Å². The third-order valence-corrected chi connectivity index (χ3v) is 2.61. The zero-order valence-corrected chi connectivity index (χ0v) is 11.3. The van der Waals surface area contributed by atoms with Gasteiger partial charge in [0.2, 0.25) is 0 Å². The van der Waals surface area contributed by atoms with Gasteiger partial charge in [-0.15, -0.1) is 12.4 Å². The highest BCUT2D eigenvalue weighted by Gasteiger charge is 2.12. The maximum absolute atomic E-state index is 9.66. The fourth-order valence-electron chi connectivity index (χ4n) is 1.47. The summed E-state index contributed by atoms with van der Waals surface area (Å²) < 4.78 is 0.871. The molecular weight excluding hydrogens is 277 g/mol. The predicted molar refractivity (Wildman–Crippen MR) is 69.4 cm³/mol. The molecule has 0 radical (unpaired) electrons. The Hall–Kier alpha value is -0.250.